The summed E-state index contributed by atoms with van der Waals surface area (Å²) in [5.74, 6) is -0.406. The van der Waals surface area contributed by atoms with Crippen LogP contribution in [0.2, 0.25) is 0 Å². The largest absolute Gasteiger partial charge is 0.286 e. The fourth-order valence-corrected chi connectivity index (χ4v) is 2.43. The molecule has 1 heterocycles. The molecule has 3 rings (SSSR count). The van der Waals surface area contributed by atoms with Gasteiger partial charge in [0.1, 0.15) is 5.71 Å². The first kappa shape index (κ1) is 15.7. The van der Waals surface area contributed by atoms with Crippen LogP contribution in [0.3, 0.4) is 0 Å². The Hall–Kier alpha value is -3.15. The van der Waals surface area contributed by atoms with Gasteiger partial charge in [0.25, 0.3) is 5.91 Å². The van der Waals surface area contributed by atoms with Crippen molar-refractivity contribution in [3.8, 4) is 0 Å². The molecule has 0 aromatic heterocycles. The van der Waals surface area contributed by atoms with Crippen molar-refractivity contribution in [1.82, 2.24) is 10.4 Å². The van der Waals surface area contributed by atoms with Gasteiger partial charge in [-0.2, -0.15) is 5.10 Å². The number of rotatable bonds is 4. The number of nitrogens with one attached hydrogen (secondary N) is 1. The van der Waals surface area contributed by atoms with Gasteiger partial charge in [-0.05, 0) is 24.3 Å². The lowest BCUT2D eigenvalue weighted by molar-refractivity contribution is -0.130. The predicted molar refractivity (Wildman–Crippen MR) is 92.6 cm³/mol. The van der Waals surface area contributed by atoms with E-state index in [1.807, 2.05) is 60.7 Å². The molecule has 1 N–H and O–H groups in total. The van der Waals surface area contributed by atoms with Gasteiger partial charge >= 0.3 is 0 Å². The van der Waals surface area contributed by atoms with Crippen molar-refractivity contribution >= 4 is 28.9 Å². The first-order valence-corrected chi connectivity index (χ1v) is 7.70. The molecule has 0 saturated heterocycles. The molecule has 6 nitrogen and oxygen atoms in total. The molecule has 0 atom stereocenters. The maximum atomic E-state index is 12.6. The van der Waals surface area contributed by atoms with E-state index in [1.54, 1.807) is 12.1 Å². The lowest BCUT2D eigenvalue weighted by Gasteiger charge is -2.27. The van der Waals surface area contributed by atoms with Crippen LogP contribution in [0.5, 0.6) is 0 Å². The highest BCUT2D eigenvalue weighted by atomic mass is 16.2. The van der Waals surface area contributed by atoms with Gasteiger partial charge in [-0.15, -0.1) is 0 Å². The third kappa shape index (κ3) is 3.43. The van der Waals surface area contributed by atoms with Gasteiger partial charge in [-0.25, -0.2) is 5.01 Å². The fourth-order valence-electron chi connectivity index (χ4n) is 2.43. The van der Waals surface area contributed by atoms with Crippen molar-refractivity contribution in [2.24, 2.45) is 5.10 Å². The van der Waals surface area contributed by atoms with Crippen LogP contribution in [-0.2, 0) is 9.59 Å². The number of anilines is 2. The standard InChI is InChI=1S/C18H18N4O2/c1-21-17(23)13-12-16(19-21)18(24)20-22(14-8-4-2-5-9-14)15-10-6-3-7-11-15/h2-11H,12-13H2,1H3,(H,20,24). The van der Waals surface area contributed by atoms with Crippen molar-refractivity contribution in [2.75, 3.05) is 12.1 Å². The summed E-state index contributed by atoms with van der Waals surface area (Å²) in [6, 6.07) is 19.1. The van der Waals surface area contributed by atoms with E-state index in [2.05, 4.69) is 10.5 Å². The second-order valence-corrected chi connectivity index (χ2v) is 5.41. The second-order valence-electron chi connectivity index (χ2n) is 5.41. The van der Waals surface area contributed by atoms with Crippen molar-refractivity contribution in [3.63, 3.8) is 0 Å². The van der Waals surface area contributed by atoms with Gasteiger partial charge in [0.05, 0.1) is 11.4 Å². The normalized spacial score (nSPS) is 14.1. The van der Waals surface area contributed by atoms with Crippen molar-refractivity contribution in [2.45, 2.75) is 12.8 Å². The quantitative estimate of drug-likeness (QED) is 0.880. The van der Waals surface area contributed by atoms with E-state index in [4.69, 9.17) is 0 Å². The second kappa shape index (κ2) is 6.95. The highest BCUT2D eigenvalue weighted by Gasteiger charge is 2.23. The summed E-state index contributed by atoms with van der Waals surface area (Å²) in [5, 5.41) is 6.99. The molecule has 0 aliphatic carbocycles. The minimum absolute atomic E-state index is 0.0884. The van der Waals surface area contributed by atoms with E-state index >= 15 is 0 Å². The molecule has 0 bridgehead atoms. The monoisotopic (exact) mass is 322 g/mol. The zero-order chi connectivity index (χ0) is 16.9. The minimum Gasteiger partial charge on any atom is -0.273 e. The Bertz CT molecular complexity index is 720. The van der Waals surface area contributed by atoms with Crippen molar-refractivity contribution in [3.05, 3.63) is 60.7 Å². The van der Waals surface area contributed by atoms with Gasteiger partial charge in [-0.1, -0.05) is 36.4 Å². The number of carbonyl (C=O) groups is 2. The molecule has 0 spiro atoms. The van der Waals surface area contributed by atoms with Crippen LogP contribution in [0.1, 0.15) is 12.8 Å². The summed E-state index contributed by atoms with van der Waals surface area (Å²) >= 11 is 0. The van der Waals surface area contributed by atoms with Gasteiger partial charge in [0, 0.05) is 19.9 Å². The molecule has 2 aromatic rings. The molecule has 0 fully saturated rings. The van der Waals surface area contributed by atoms with Gasteiger partial charge in [-0.3, -0.25) is 20.0 Å². The Morgan fingerprint density at radius 2 is 1.54 bits per heavy atom. The lowest BCUT2D eigenvalue weighted by Crippen LogP contribution is -2.45. The number of amides is 2. The predicted octanol–water partition coefficient (Wildman–Crippen LogP) is 2.46. The van der Waals surface area contributed by atoms with Crippen LogP contribution < -0.4 is 10.4 Å². The molecule has 1 aliphatic rings. The molecule has 6 heteroatoms. The molecular formula is C18H18N4O2. The summed E-state index contributed by atoms with van der Waals surface area (Å²) in [4.78, 5) is 24.1. The zero-order valence-electron chi connectivity index (χ0n) is 13.3. The van der Waals surface area contributed by atoms with Gasteiger partial charge in [0.2, 0.25) is 5.91 Å². The summed E-state index contributed by atoms with van der Waals surface area (Å²) < 4.78 is 0. The van der Waals surface area contributed by atoms with Gasteiger partial charge < -0.3 is 0 Å². The number of hydrazine groups is 1. The van der Waals surface area contributed by atoms with E-state index in [1.165, 1.54) is 5.01 Å². The summed E-state index contributed by atoms with van der Waals surface area (Å²) in [6.07, 6.45) is 0.631. The molecule has 2 aromatic carbocycles. The number of nitrogens with zero attached hydrogens (tertiary/aromatic N) is 3. The number of hydrazone groups is 1. The number of para-hydroxylation sites is 2. The maximum absolute atomic E-state index is 12.6. The van der Waals surface area contributed by atoms with Crippen LogP contribution >= 0.6 is 0 Å². The molecule has 0 saturated carbocycles. The molecule has 0 unspecified atom stereocenters. The van der Waals surface area contributed by atoms with Crippen LogP contribution in [0.15, 0.2) is 65.8 Å². The Balaban J connectivity index is 1.86. The van der Waals surface area contributed by atoms with E-state index in [9.17, 15) is 9.59 Å². The van der Waals surface area contributed by atoms with Crippen LogP contribution in [0.25, 0.3) is 0 Å². The van der Waals surface area contributed by atoms with E-state index < -0.39 is 0 Å². The summed E-state index contributed by atoms with van der Waals surface area (Å²) in [7, 11) is 1.56. The van der Waals surface area contributed by atoms with Crippen molar-refractivity contribution in [1.29, 1.82) is 0 Å². The Morgan fingerprint density at radius 1 is 1.00 bits per heavy atom. The number of benzene rings is 2. The zero-order valence-corrected chi connectivity index (χ0v) is 13.3. The molecule has 1 aliphatic heterocycles. The Kier molecular flexibility index (Phi) is 4.56. The number of hydrogen-bond donors (Lipinski definition) is 1. The molecule has 24 heavy (non-hydrogen) atoms. The Labute approximate surface area is 140 Å². The number of carbonyl (C=O) groups excluding carboxylic acids is 2. The van der Waals surface area contributed by atoms with E-state index in [-0.39, 0.29) is 11.8 Å². The SMILES string of the molecule is CN1N=C(C(=O)NN(c2ccccc2)c2ccccc2)CCC1=O. The summed E-state index contributed by atoms with van der Waals surface area (Å²) in [5.41, 5.74) is 4.88. The third-order valence-electron chi connectivity index (χ3n) is 3.71. The van der Waals surface area contributed by atoms with Crippen LogP contribution in [0, 0.1) is 0 Å². The Morgan fingerprint density at radius 3 is 2.04 bits per heavy atom. The highest BCUT2D eigenvalue weighted by molar-refractivity contribution is 6.39. The van der Waals surface area contributed by atoms with Gasteiger partial charge in [0.15, 0.2) is 0 Å². The van der Waals surface area contributed by atoms with Crippen molar-refractivity contribution < 1.29 is 9.59 Å². The lowest BCUT2D eigenvalue weighted by atomic mass is 10.1. The molecule has 122 valence electrons. The fraction of sp³-hybridized carbons (Fsp3) is 0.167. The van der Waals surface area contributed by atoms with E-state index in [0.29, 0.717) is 18.6 Å². The maximum Gasteiger partial charge on any atom is 0.286 e. The smallest absolute Gasteiger partial charge is 0.273 e. The third-order valence-corrected chi connectivity index (χ3v) is 3.71. The first-order chi connectivity index (χ1) is 11.6. The molecule has 2 amide bonds. The first-order valence-electron chi connectivity index (χ1n) is 7.70. The average Bonchev–Trinajstić information content (AvgIpc) is 2.63. The molecule has 0 radical (unpaired) electrons. The van der Waals surface area contributed by atoms with Crippen LogP contribution in [0.4, 0.5) is 11.4 Å². The summed E-state index contributed by atoms with van der Waals surface area (Å²) in [6.45, 7) is 0. The topological polar surface area (TPSA) is 65.0 Å². The number of hydrogen-bond acceptors (Lipinski definition) is 4. The molecular weight excluding hydrogens is 304 g/mol. The average molecular weight is 322 g/mol. The van der Waals surface area contributed by atoms with E-state index in [0.717, 1.165) is 11.4 Å². The van der Waals surface area contributed by atoms with Crippen LogP contribution in [-0.4, -0.2) is 29.6 Å². The minimum atomic E-state index is -0.318. The highest BCUT2D eigenvalue weighted by Crippen LogP contribution is 2.22.